The van der Waals surface area contributed by atoms with Crippen molar-refractivity contribution in [2.45, 2.75) is 3.79 Å². The highest BCUT2D eigenvalue weighted by Crippen LogP contribution is 2.42. The highest BCUT2D eigenvalue weighted by atomic mass is 35.6. The Bertz CT molecular complexity index is 333. The van der Waals surface area contributed by atoms with E-state index in [4.69, 9.17) is 44.3 Å². The largest absolute Gasteiger partial charge is 0.454 e. The molecule has 0 bridgehead atoms. The summed E-state index contributed by atoms with van der Waals surface area (Å²) in [5, 5.41) is 0. The van der Waals surface area contributed by atoms with E-state index in [1.165, 1.54) is 0 Å². The van der Waals surface area contributed by atoms with Crippen molar-refractivity contribution in [3.63, 3.8) is 0 Å². The normalized spacial score (nSPS) is 14.7. The molecule has 1 aliphatic heterocycles. The van der Waals surface area contributed by atoms with Gasteiger partial charge in [0.25, 0.3) is 0 Å². The molecule has 0 aliphatic carbocycles. The number of halogens is 3. The second-order valence-corrected chi connectivity index (χ2v) is 4.85. The Morgan fingerprint density at radius 3 is 2.46 bits per heavy atom. The van der Waals surface area contributed by atoms with E-state index in [9.17, 15) is 0 Å². The molecular weight excluding hydrogens is 234 g/mol. The van der Waals surface area contributed by atoms with Crippen LogP contribution in [0.25, 0.3) is 0 Å². The van der Waals surface area contributed by atoms with Gasteiger partial charge in [-0.25, -0.2) is 0 Å². The second kappa shape index (κ2) is 3.12. The fraction of sp³-hybridized carbons (Fsp3) is 0.250. The van der Waals surface area contributed by atoms with Gasteiger partial charge in [-0.2, -0.15) is 0 Å². The lowest BCUT2D eigenvalue weighted by molar-refractivity contribution is 0.174. The SMILES string of the molecule is ClC(Cl)(Cl)c1ccc2c(c1)OCO2. The monoisotopic (exact) mass is 238 g/mol. The van der Waals surface area contributed by atoms with E-state index in [1.807, 2.05) is 0 Å². The molecule has 0 fully saturated rings. The number of hydrogen-bond donors (Lipinski definition) is 0. The Morgan fingerprint density at radius 1 is 1.08 bits per heavy atom. The first-order valence-electron chi connectivity index (χ1n) is 3.54. The quantitative estimate of drug-likeness (QED) is 0.647. The molecule has 0 atom stereocenters. The molecule has 2 nitrogen and oxygen atoms in total. The molecule has 5 heteroatoms. The van der Waals surface area contributed by atoms with Gasteiger partial charge in [0.1, 0.15) is 0 Å². The van der Waals surface area contributed by atoms with Crippen LogP contribution in [-0.2, 0) is 3.79 Å². The summed E-state index contributed by atoms with van der Waals surface area (Å²) in [4.78, 5) is 0. The van der Waals surface area contributed by atoms with Gasteiger partial charge in [0, 0.05) is 5.56 Å². The third kappa shape index (κ3) is 1.80. The molecule has 0 unspecified atom stereocenters. The number of rotatable bonds is 0. The summed E-state index contributed by atoms with van der Waals surface area (Å²) in [5.74, 6) is 1.29. The van der Waals surface area contributed by atoms with Crippen LogP contribution in [0, 0.1) is 0 Å². The summed E-state index contributed by atoms with van der Waals surface area (Å²) in [5.41, 5.74) is 0.571. The Hall–Kier alpha value is -0.310. The Balaban J connectivity index is 2.42. The first kappa shape index (κ1) is 9.25. The third-order valence-electron chi connectivity index (χ3n) is 1.70. The summed E-state index contributed by atoms with van der Waals surface area (Å²) in [6.07, 6.45) is 0. The molecule has 1 heterocycles. The molecule has 0 saturated heterocycles. The van der Waals surface area contributed by atoms with Crippen LogP contribution in [0.2, 0.25) is 0 Å². The van der Waals surface area contributed by atoms with Crippen LogP contribution in [0.15, 0.2) is 18.2 Å². The van der Waals surface area contributed by atoms with Crippen LogP contribution in [-0.4, -0.2) is 6.79 Å². The molecule has 0 spiro atoms. The first-order chi connectivity index (χ1) is 6.07. The fourth-order valence-corrected chi connectivity index (χ4v) is 1.43. The lowest BCUT2D eigenvalue weighted by Crippen LogP contribution is -1.99. The van der Waals surface area contributed by atoms with Crippen molar-refractivity contribution in [2.75, 3.05) is 6.79 Å². The minimum atomic E-state index is -1.42. The molecule has 0 aromatic heterocycles. The van der Waals surface area contributed by atoms with Crippen LogP contribution in [0.4, 0.5) is 0 Å². The maximum absolute atomic E-state index is 5.69. The predicted octanol–water partition coefficient (Wildman–Crippen LogP) is 3.24. The second-order valence-electron chi connectivity index (χ2n) is 2.57. The summed E-state index contributed by atoms with van der Waals surface area (Å²) in [6.45, 7) is 0.221. The maximum atomic E-state index is 5.69. The van der Waals surface area contributed by atoms with Gasteiger partial charge in [-0.15, -0.1) is 0 Å². The zero-order valence-corrected chi connectivity index (χ0v) is 8.66. The van der Waals surface area contributed by atoms with E-state index >= 15 is 0 Å². The zero-order valence-electron chi connectivity index (χ0n) is 6.39. The van der Waals surface area contributed by atoms with Crippen LogP contribution in [0.1, 0.15) is 5.56 Å². The minimum absolute atomic E-state index is 0.221. The lowest BCUT2D eigenvalue weighted by atomic mass is 10.2. The molecule has 1 aromatic rings. The van der Waals surface area contributed by atoms with Crippen molar-refractivity contribution in [3.05, 3.63) is 23.8 Å². The average molecular weight is 239 g/mol. The van der Waals surface area contributed by atoms with Crippen molar-refractivity contribution < 1.29 is 9.47 Å². The molecule has 70 valence electrons. The van der Waals surface area contributed by atoms with Crippen molar-refractivity contribution >= 4 is 34.8 Å². The van der Waals surface area contributed by atoms with Gasteiger partial charge >= 0.3 is 0 Å². The molecule has 0 N–H and O–H groups in total. The van der Waals surface area contributed by atoms with Gasteiger partial charge < -0.3 is 9.47 Å². The third-order valence-corrected chi connectivity index (χ3v) is 2.35. The average Bonchev–Trinajstić information content (AvgIpc) is 2.47. The standard InChI is InChI=1S/C8H5Cl3O2/c9-8(10,11)5-1-2-6-7(3-5)13-4-12-6/h1-3H,4H2. The molecule has 0 saturated carbocycles. The number of fused-ring (bicyclic) bond motifs is 1. The van der Waals surface area contributed by atoms with Gasteiger partial charge in [0.15, 0.2) is 11.5 Å². The van der Waals surface area contributed by atoms with E-state index in [1.54, 1.807) is 18.2 Å². The molecule has 0 amide bonds. The summed E-state index contributed by atoms with van der Waals surface area (Å²) in [7, 11) is 0. The lowest BCUT2D eigenvalue weighted by Gasteiger charge is -2.10. The zero-order chi connectivity index (χ0) is 9.47. The van der Waals surface area contributed by atoms with Gasteiger partial charge in [-0.1, -0.05) is 40.9 Å². The number of benzene rings is 1. The van der Waals surface area contributed by atoms with Crippen molar-refractivity contribution in [1.82, 2.24) is 0 Å². The van der Waals surface area contributed by atoms with Crippen LogP contribution in [0.5, 0.6) is 11.5 Å². The summed E-state index contributed by atoms with van der Waals surface area (Å²) >= 11 is 17.1. The highest BCUT2D eigenvalue weighted by Gasteiger charge is 2.25. The Labute approximate surface area is 90.3 Å². The fourth-order valence-electron chi connectivity index (χ4n) is 1.07. The van der Waals surface area contributed by atoms with Gasteiger partial charge in [0.05, 0.1) is 0 Å². The highest BCUT2D eigenvalue weighted by molar-refractivity contribution is 6.66. The smallest absolute Gasteiger partial charge is 0.231 e. The predicted molar refractivity (Wildman–Crippen MR) is 51.8 cm³/mol. The Morgan fingerprint density at radius 2 is 1.77 bits per heavy atom. The molecule has 0 radical (unpaired) electrons. The topological polar surface area (TPSA) is 18.5 Å². The van der Waals surface area contributed by atoms with Crippen LogP contribution < -0.4 is 9.47 Å². The van der Waals surface area contributed by atoms with E-state index in [2.05, 4.69) is 0 Å². The molecule has 1 aliphatic rings. The van der Waals surface area contributed by atoms with E-state index in [0.717, 1.165) is 0 Å². The van der Waals surface area contributed by atoms with E-state index < -0.39 is 3.79 Å². The number of ether oxygens (including phenoxy) is 2. The van der Waals surface area contributed by atoms with Gasteiger partial charge in [-0.05, 0) is 12.1 Å². The van der Waals surface area contributed by atoms with Crippen molar-refractivity contribution in [1.29, 1.82) is 0 Å². The minimum Gasteiger partial charge on any atom is -0.454 e. The van der Waals surface area contributed by atoms with Gasteiger partial charge in [0.2, 0.25) is 10.6 Å². The summed E-state index contributed by atoms with van der Waals surface area (Å²) in [6, 6.07) is 5.08. The van der Waals surface area contributed by atoms with Crippen LogP contribution in [0.3, 0.4) is 0 Å². The molecule has 1 aromatic carbocycles. The van der Waals surface area contributed by atoms with Gasteiger partial charge in [-0.3, -0.25) is 0 Å². The molecule has 2 rings (SSSR count). The molecular formula is C8H5Cl3O2. The van der Waals surface area contributed by atoms with Crippen molar-refractivity contribution in [2.24, 2.45) is 0 Å². The number of alkyl halides is 3. The van der Waals surface area contributed by atoms with E-state index in [-0.39, 0.29) is 6.79 Å². The summed E-state index contributed by atoms with van der Waals surface area (Å²) < 4.78 is 8.84. The maximum Gasteiger partial charge on any atom is 0.231 e. The van der Waals surface area contributed by atoms with Crippen LogP contribution >= 0.6 is 34.8 Å². The Kier molecular flexibility index (Phi) is 2.22. The molecule has 13 heavy (non-hydrogen) atoms. The van der Waals surface area contributed by atoms with E-state index in [0.29, 0.717) is 17.1 Å². The van der Waals surface area contributed by atoms with Crippen molar-refractivity contribution in [3.8, 4) is 11.5 Å². The first-order valence-corrected chi connectivity index (χ1v) is 4.67. The number of hydrogen-bond acceptors (Lipinski definition) is 2.